The van der Waals surface area contributed by atoms with E-state index in [9.17, 15) is 4.79 Å². The van der Waals surface area contributed by atoms with Gasteiger partial charge < -0.3 is 5.32 Å². The monoisotopic (exact) mass is 231 g/mol. The summed E-state index contributed by atoms with van der Waals surface area (Å²) < 4.78 is 0. The van der Waals surface area contributed by atoms with Crippen molar-refractivity contribution < 1.29 is 4.79 Å². The third-order valence-electron chi connectivity index (χ3n) is 3.59. The molecule has 0 unspecified atom stereocenters. The molecule has 1 N–H and O–H groups in total. The van der Waals surface area contributed by atoms with Crippen molar-refractivity contribution in [2.45, 2.75) is 45.4 Å². The van der Waals surface area contributed by atoms with Gasteiger partial charge in [-0.15, -0.1) is 0 Å². The van der Waals surface area contributed by atoms with Gasteiger partial charge in [0.25, 0.3) is 0 Å². The summed E-state index contributed by atoms with van der Waals surface area (Å²) >= 11 is 0. The number of carbonyl (C=O) groups is 1. The highest BCUT2D eigenvalue weighted by molar-refractivity contribution is 5.90. The lowest BCUT2D eigenvalue weighted by molar-refractivity contribution is -0.116. The number of hydrogen-bond acceptors (Lipinski definition) is 1. The summed E-state index contributed by atoms with van der Waals surface area (Å²) in [4.78, 5) is 11.7. The topological polar surface area (TPSA) is 29.1 Å². The highest BCUT2D eigenvalue weighted by atomic mass is 16.1. The molecule has 0 bridgehead atoms. The molecule has 0 atom stereocenters. The van der Waals surface area contributed by atoms with Gasteiger partial charge in [-0.1, -0.05) is 43.4 Å². The molecular formula is C15H21NO. The molecule has 92 valence electrons. The van der Waals surface area contributed by atoms with Gasteiger partial charge in [0.05, 0.1) is 0 Å². The van der Waals surface area contributed by atoms with Crippen molar-refractivity contribution in [3.8, 4) is 0 Å². The van der Waals surface area contributed by atoms with E-state index in [-0.39, 0.29) is 5.91 Å². The van der Waals surface area contributed by atoms with Crippen LogP contribution in [0.1, 0.15) is 44.1 Å². The number of rotatable bonds is 4. The summed E-state index contributed by atoms with van der Waals surface area (Å²) in [6.07, 6.45) is 7.06. The summed E-state index contributed by atoms with van der Waals surface area (Å²) in [6, 6.07) is 7.96. The highest BCUT2D eigenvalue weighted by Crippen LogP contribution is 2.28. The normalized spacial score (nSPS) is 16.1. The number of hydrogen-bond donors (Lipinski definition) is 1. The van der Waals surface area contributed by atoms with Crippen LogP contribution in [0.5, 0.6) is 0 Å². The van der Waals surface area contributed by atoms with Crippen LogP contribution >= 0.6 is 0 Å². The van der Waals surface area contributed by atoms with Crippen molar-refractivity contribution in [1.82, 2.24) is 0 Å². The first-order valence-corrected chi connectivity index (χ1v) is 6.60. The van der Waals surface area contributed by atoms with Gasteiger partial charge in [-0.3, -0.25) is 4.79 Å². The molecule has 0 radical (unpaired) electrons. The Hall–Kier alpha value is -1.31. The van der Waals surface area contributed by atoms with Crippen LogP contribution in [0.3, 0.4) is 0 Å². The van der Waals surface area contributed by atoms with Gasteiger partial charge in [0.15, 0.2) is 0 Å². The molecule has 2 rings (SSSR count). The first-order chi connectivity index (χ1) is 8.24. The standard InChI is InChI=1S/C15H21NO/c1-12-6-9-14(10-7-12)16-15(17)11-8-13-4-2-3-5-13/h6-7,9-10,13H,2-5,8,11H2,1H3,(H,16,17). The fourth-order valence-electron chi connectivity index (χ4n) is 2.49. The smallest absolute Gasteiger partial charge is 0.224 e. The van der Waals surface area contributed by atoms with Crippen molar-refractivity contribution in [3.63, 3.8) is 0 Å². The number of aryl methyl sites for hydroxylation is 1. The molecule has 0 spiro atoms. The molecule has 1 aromatic rings. The van der Waals surface area contributed by atoms with E-state index in [2.05, 4.69) is 5.32 Å². The zero-order valence-electron chi connectivity index (χ0n) is 10.5. The van der Waals surface area contributed by atoms with E-state index in [1.165, 1.54) is 31.2 Å². The van der Waals surface area contributed by atoms with Gasteiger partial charge >= 0.3 is 0 Å². The molecule has 0 aliphatic heterocycles. The SMILES string of the molecule is Cc1ccc(NC(=O)CCC2CCCC2)cc1. The van der Waals surface area contributed by atoms with E-state index < -0.39 is 0 Å². The summed E-state index contributed by atoms with van der Waals surface area (Å²) in [5, 5.41) is 2.95. The third-order valence-corrected chi connectivity index (χ3v) is 3.59. The minimum Gasteiger partial charge on any atom is -0.326 e. The third kappa shape index (κ3) is 3.88. The van der Waals surface area contributed by atoms with Gasteiger partial charge in [-0.25, -0.2) is 0 Å². The minimum atomic E-state index is 0.153. The fourth-order valence-corrected chi connectivity index (χ4v) is 2.49. The lowest BCUT2D eigenvalue weighted by Gasteiger charge is -2.09. The van der Waals surface area contributed by atoms with E-state index in [1.807, 2.05) is 31.2 Å². The lowest BCUT2D eigenvalue weighted by atomic mass is 10.0. The number of amides is 1. The molecule has 1 aliphatic rings. The van der Waals surface area contributed by atoms with Crippen LogP contribution in [0.2, 0.25) is 0 Å². The van der Waals surface area contributed by atoms with E-state index in [1.54, 1.807) is 0 Å². The Bertz CT molecular complexity index is 363. The van der Waals surface area contributed by atoms with Gasteiger partial charge in [0, 0.05) is 12.1 Å². The fraction of sp³-hybridized carbons (Fsp3) is 0.533. The second-order valence-electron chi connectivity index (χ2n) is 5.10. The predicted molar refractivity (Wildman–Crippen MR) is 71.0 cm³/mol. The first kappa shape index (κ1) is 12.2. The summed E-state index contributed by atoms with van der Waals surface area (Å²) in [5.41, 5.74) is 2.13. The van der Waals surface area contributed by atoms with E-state index in [0.29, 0.717) is 6.42 Å². The second kappa shape index (κ2) is 5.85. The minimum absolute atomic E-state index is 0.153. The van der Waals surface area contributed by atoms with Crippen LogP contribution in [0.4, 0.5) is 5.69 Å². The highest BCUT2D eigenvalue weighted by Gasteiger charge is 2.15. The summed E-state index contributed by atoms with van der Waals surface area (Å²) in [7, 11) is 0. The van der Waals surface area contributed by atoms with Crippen molar-refractivity contribution in [2.75, 3.05) is 5.32 Å². The molecule has 1 fully saturated rings. The van der Waals surface area contributed by atoms with Gasteiger partial charge in [-0.2, -0.15) is 0 Å². The maximum Gasteiger partial charge on any atom is 0.224 e. The van der Waals surface area contributed by atoms with E-state index in [4.69, 9.17) is 0 Å². The molecule has 1 aliphatic carbocycles. The Morgan fingerprint density at radius 1 is 1.24 bits per heavy atom. The maximum atomic E-state index is 11.7. The Kier molecular flexibility index (Phi) is 4.18. The zero-order chi connectivity index (χ0) is 12.1. The number of benzene rings is 1. The van der Waals surface area contributed by atoms with Crippen LogP contribution in [0, 0.1) is 12.8 Å². The second-order valence-corrected chi connectivity index (χ2v) is 5.10. The first-order valence-electron chi connectivity index (χ1n) is 6.60. The van der Waals surface area contributed by atoms with E-state index in [0.717, 1.165) is 18.0 Å². The van der Waals surface area contributed by atoms with Gasteiger partial charge in [0.2, 0.25) is 5.91 Å². The van der Waals surface area contributed by atoms with E-state index >= 15 is 0 Å². The summed E-state index contributed by atoms with van der Waals surface area (Å²) in [6.45, 7) is 2.05. The average molecular weight is 231 g/mol. The molecule has 1 aromatic carbocycles. The van der Waals surface area contributed by atoms with Crippen molar-refractivity contribution in [3.05, 3.63) is 29.8 Å². The Morgan fingerprint density at radius 2 is 1.88 bits per heavy atom. The van der Waals surface area contributed by atoms with Gasteiger partial charge in [0.1, 0.15) is 0 Å². The Balaban J connectivity index is 1.74. The molecule has 1 saturated carbocycles. The summed E-state index contributed by atoms with van der Waals surface area (Å²) in [5.74, 6) is 0.944. The van der Waals surface area contributed by atoms with Crippen LogP contribution in [-0.2, 0) is 4.79 Å². The van der Waals surface area contributed by atoms with Gasteiger partial charge in [-0.05, 0) is 31.4 Å². The lowest BCUT2D eigenvalue weighted by Crippen LogP contribution is -2.12. The number of carbonyl (C=O) groups excluding carboxylic acids is 1. The van der Waals surface area contributed by atoms with Crippen LogP contribution in [0.25, 0.3) is 0 Å². The number of nitrogens with one attached hydrogen (secondary N) is 1. The molecule has 0 aromatic heterocycles. The predicted octanol–water partition coefficient (Wildman–Crippen LogP) is 3.90. The van der Waals surface area contributed by atoms with Crippen LogP contribution in [-0.4, -0.2) is 5.91 Å². The zero-order valence-corrected chi connectivity index (χ0v) is 10.5. The Morgan fingerprint density at radius 3 is 2.53 bits per heavy atom. The molecule has 0 heterocycles. The van der Waals surface area contributed by atoms with Crippen molar-refractivity contribution in [1.29, 1.82) is 0 Å². The van der Waals surface area contributed by atoms with Crippen molar-refractivity contribution in [2.24, 2.45) is 5.92 Å². The molecular weight excluding hydrogens is 210 g/mol. The largest absolute Gasteiger partial charge is 0.326 e. The molecule has 2 nitrogen and oxygen atoms in total. The van der Waals surface area contributed by atoms with Crippen LogP contribution in [0.15, 0.2) is 24.3 Å². The Labute approximate surface area is 103 Å². The average Bonchev–Trinajstić information content (AvgIpc) is 2.83. The molecule has 2 heteroatoms. The maximum absolute atomic E-state index is 11.7. The van der Waals surface area contributed by atoms with Crippen LogP contribution < -0.4 is 5.32 Å². The quantitative estimate of drug-likeness (QED) is 0.836. The van der Waals surface area contributed by atoms with Crippen molar-refractivity contribution >= 4 is 11.6 Å². The molecule has 0 saturated heterocycles. The number of anilines is 1. The molecule has 17 heavy (non-hydrogen) atoms. The molecule has 1 amide bonds.